The van der Waals surface area contributed by atoms with E-state index in [0.717, 1.165) is 0 Å². The van der Waals surface area contributed by atoms with Crippen LogP contribution in [0, 0.1) is 5.41 Å². The van der Waals surface area contributed by atoms with Gasteiger partial charge in [0.1, 0.15) is 0 Å². The second kappa shape index (κ2) is 2.32. The number of nitrogens with one attached hydrogen (secondary N) is 1. The standard InChI is InChI=1S/C3H4N/c1-2-3-4/h2,4H,1H2/q+1. The molecule has 1 nitrogen and oxygen atoms in total. The molecule has 0 atom stereocenters. The summed E-state index contributed by atoms with van der Waals surface area (Å²) in [5, 5.41) is 6.08. The Bertz CT molecular complexity index is 24.3. The Morgan fingerprint density at radius 1 is 2.00 bits per heavy atom. The van der Waals surface area contributed by atoms with Gasteiger partial charge in [-0.05, 0) is 0 Å². The van der Waals surface area contributed by atoms with Crippen LogP contribution < -0.4 is 0 Å². The fourth-order valence-corrected chi connectivity index (χ4v) is 0. The smallest absolute Gasteiger partial charge is 0.152 e. The molecule has 0 unspecified atom stereocenters. The first-order chi connectivity index (χ1) is 1.91. The lowest BCUT2D eigenvalue weighted by Crippen LogP contribution is -1.41. The van der Waals surface area contributed by atoms with Gasteiger partial charge in [-0.15, -0.1) is 0 Å². The van der Waals surface area contributed by atoms with Gasteiger partial charge in [-0.2, -0.15) is 5.41 Å². The van der Waals surface area contributed by atoms with Crippen molar-refractivity contribution in [2.75, 3.05) is 0 Å². The average molecular weight is 54.1 g/mol. The van der Waals surface area contributed by atoms with Crippen molar-refractivity contribution in [3.05, 3.63) is 12.7 Å². The molecule has 0 amide bonds. The Kier molecular flexibility index (Phi) is 1.93. The SMILES string of the molecule is C=C[C+]=N. The van der Waals surface area contributed by atoms with Crippen molar-refractivity contribution in [1.29, 1.82) is 5.41 Å². The predicted molar refractivity (Wildman–Crippen MR) is 17.9 cm³/mol. The van der Waals surface area contributed by atoms with Gasteiger partial charge in [0.25, 0.3) is 0 Å². The normalized spacial score (nSPS) is 4.00. The number of rotatable bonds is 1. The molecule has 0 aromatic carbocycles. The van der Waals surface area contributed by atoms with E-state index in [1.807, 2.05) is 6.21 Å². The molecule has 0 saturated heterocycles. The molecule has 0 bridgehead atoms. The van der Waals surface area contributed by atoms with E-state index in [1.165, 1.54) is 6.08 Å². The average Bonchev–Trinajstić information content (AvgIpc) is 1.37. The summed E-state index contributed by atoms with van der Waals surface area (Å²) in [7, 11) is 0. The van der Waals surface area contributed by atoms with Crippen LogP contribution in [0.3, 0.4) is 0 Å². The summed E-state index contributed by atoms with van der Waals surface area (Å²) in [5.41, 5.74) is 0. The molecular weight excluding hydrogens is 50.0 g/mol. The van der Waals surface area contributed by atoms with Crippen LogP contribution in [0.5, 0.6) is 0 Å². The highest BCUT2D eigenvalue weighted by Gasteiger charge is 1.51. The first-order valence-corrected chi connectivity index (χ1v) is 0.947. The van der Waals surface area contributed by atoms with Crippen LogP contribution in [-0.4, -0.2) is 6.21 Å². The summed E-state index contributed by atoms with van der Waals surface area (Å²) >= 11 is 0. The molecule has 0 aromatic heterocycles. The van der Waals surface area contributed by atoms with E-state index in [-0.39, 0.29) is 0 Å². The Balaban J connectivity index is 2.73. The predicted octanol–water partition coefficient (Wildman–Crippen LogP) is 0.699. The molecule has 0 aliphatic carbocycles. The zero-order valence-electron chi connectivity index (χ0n) is 2.28. The first-order valence-electron chi connectivity index (χ1n) is 0.947. The molecule has 1 heteroatoms. The van der Waals surface area contributed by atoms with Gasteiger partial charge in [-0.3, -0.25) is 0 Å². The van der Waals surface area contributed by atoms with Crippen molar-refractivity contribution in [3.63, 3.8) is 0 Å². The van der Waals surface area contributed by atoms with Crippen LogP contribution in [0.4, 0.5) is 0 Å². The number of allylic oxidation sites excluding steroid dienone is 1. The molecule has 0 aliphatic rings. The van der Waals surface area contributed by atoms with Gasteiger partial charge < -0.3 is 0 Å². The fraction of sp³-hybridized carbons (Fsp3) is 0. The van der Waals surface area contributed by atoms with Gasteiger partial charge in [0.2, 0.25) is 6.21 Å². The lowest BCUT2D eigenvalue weighted by Gasteiger charge is -1.23. The minimum absolute atomic E-state index is 1.29. The highest BCUT2D eigenvalue weighted by atomic mass is 14.3. The molecule has 0 fully saturated rings. The van der Waals surface area contributed by atoms with Crippen LogP contribution in [0.2, 0.25) is 0 Å². The van der Waals surface area contributed by atoms with E-state index < -0.39 is 0 Å². The minimum Gasteiger partial charge on any atom is -0.152 e. The molecule has 0 aliphatic heterocycles. The Morgan fingerprint density at radius 3 is 2.25 bits per heavy atom. The third-order valence-corrected chi connectivity index (χ3v) is 0.102. The monoisotopic (exact) mass is 54.0 g/mol. The zero-order chi connectivity index (χ0) is 3.41. The second-order valence-electron chi connectivity index (χ2n) is 0.348. The fourth-order valence-electron chi connectivity index (χ4n) is 0. The molecule has 0 radical (unpaired) electrons. The van der Waals surface area contributed by atoms with E-state index in [9.17, 15) is 0 Å². The highest BCUT2D eigenvalue weighted by Crippen LogP contribution is 1.37. The van der Waals surface area contributed by atoms with Gasteiger partial charge in [0.15, 0.2) is 6.08 Å². The van der Waals surface area contributed by atoms with Gasteiger partial charge in [-0.25, -0.2) is 0 Å². The van der Waals surface area contributed by atoms with Crippen molar-refractivity contribution in [1.82, 2.24) is 0 Å². The number of hydrogen-bond donors (Lipinski definition) is 1. The summed E-state index contributed by atoms with van der Waals surface area (Å²) in [6.45, 7) is 3.18. The van der Waals surface area contributed by atoms with Crippen molar-refractivity contribution >= 4 is 6.21 Å². The van der Waals surface area contributed by atoms with Gasteiger partial charge in [0, 0.05) is 6.58 Å². The van der Waals surface area contributed by atoms with E-state index in [2.05, 4.69) is 6.58 Å². The molecular formula is C3H4N+. The maximum Gasteiger partial charge on any atom is 0.210 e. The summed E-state index contributed by atoms with van der Waals surface area (Å²) in [6, 6.07) is 0. The van der Waals surface area contributed by atoms with Crippen molar-refractivity contribution in [2.24, 2.45) is 0 Å². The third kappa shape index (κ3) is 1.32. The van der Waals surface area contributed by atoms with Gasteiger partial charge >= 0.3 is 0 Å². The lowest BCUT2D eigenvalue weighted by atomic mass is 10.7. The summed E-state index contributed by atoms with van der Waals surface area (Å²) in [6.07, 6.45) is 3.24. The quantitative estimate of drug-likeness (QED) is 0.336. The topological polar surface area (TPSA) is 23.9 Å². The first kappa shape index (κ1) is 3.32. The molecule has 4 heavy (non-hydrogen) atoms. The summed E-state index contributed by atoms with van der Waals surface area (Å²) in [4.78, 5) is 0. The van der Waals surface area contributed by atoms with Crippen LogP contribution >= 0.6 is 0 Å². The van der Waals surface area contributed by atoms with Crippen molar-refractivity contribution in [2.45, 2.75) is 0 Å². The third-order valence-electron chi connectivity index (χ3n) is 0.102. The molecule has 0 aromatic rings. The van der Waals surface area contributed by atoms with Gasteiger partial charge in [0.05, 0.1) is 0 Å². The maximum atomic E-state index is 6.08. The van der Waals surface area contributed by atoms with E-state index >= 15 is 0 Å². The Hall–Kier alpha value is -0.680. The molecule has 0 heterocycles. The van der Waals surface area contributed by atoms with Crippen molar-refractivity contribution < 1.29 is 0 Å². The van der Waals surface area contributed by atoms with Crippen molar-refractivity contribution in [3.8, 4) is 0 Å². The Labute approximate surface area is 25.5 Å². The minimum atomic E-state index is 1.29. The van der Waals surface area contributed by atoms with Crippen LogP contribution in [0.25, 0.3) is 0 Å². The largest absolute Gasteiger partial charge is 0.210 e. The summed E-state index contributed by atoms with van der Waals surface area (Å²) in [5.74, 6) is 0. The molecule has 0 rings (SSSR count). The van der Waals surface area contributed by atoms with E-state index in [4.69, 9.17) is 5.41 Å². The number of hydrogen-bond acceptors (Lipinski definition) is 1. The van der Waals surface area contributed by atoms with Crippen LogP contribution in [-0.2, 0) is 0 Å². The second-order valence-corrected chi connectivity index (χ2v) is 0.348. The zero-order valence-corrected chi connectivity index (χ0v) is 2.28. The molecule has 20 valence electrons. The maximum absolute atomic E-state index is 6.08. The molecule has 0 saturated carbocycles. The summed E-state index contributed by atoms with van der Waals surface area (Å²) < 4.78 is 0. The van der Waals surface area contributed by atoms with Crippen LogP contribution in [0.15, 0.2) is 12.7 Å². The van der Waals surface area contributed by atoms with E-state index in [1.54, 1.807) is 0 Å². The Morgan fingerprint density at radius 2 is 2.25 bits per heavy atom. The highest BCUT2D eigenvalue weighted by molar-refractivity contribution is 5.66. The lowest BCUT2D eigenvalue weighted by molar-refractivity contribution is 1.58. The van der Waals surface area contributed by atoms with Crippen LogP contribution in [0.1, 0.15) is 0 Å². The molecule has 0 spiro atoms. The molecule has 1 N–H and O–H groups in total. The van der Waals surface area contributed by atoms with E-state index in [0.29, 0.717) is 0 Å². The van der Waals surface area contributed by atoms with Gasteiger partial charge in [-0.1, -0.05) is 0 Å².